The molecule has 0 saturated heterocycles. The Balaban J connectivity index is 2.17. The molecule has 2 rings (SSSR count). The van der Waals surface area contributed by atoms with E-state index in [0.29, 0.717) is 6.54 Å². The topological polar surface area (TPSA) is 38.1 Å². The van der Waals surface area contributed by atoms with Crippen molar-refractivity contribution >= 4 is 5.91 Å². The number of fused-ring (bicyclic) bond motifs is 1. The summed E-state index contributed by atoms with van der Waals surface area (Å²) in [6.45, 7) is 10.2. The van der Waals surface area contributed by atoms with Gasteiger partial charge in [-0.3, -0.25) is 4.79 Å². The Morgan fingerprint density at radius 2 is 2.06 bits per heavy atom. The fourth-order valence-electron chi connectivity index (χ4n) is 2.04. The summed E-state index contributed by atoms with van der Waals surface area (Å²) < 4.78 is 2.14. The van der Waals surface area contributed by atoms with E-state index in [2.05, 4.69) is 9.55 Å². The zero-order valence-corrected chi connectivity index (χ0v) is 10.4. The Bertz CT molecular complexity index is 414. The van der Waals surface area contributed by atoms with E-state index in [4.69, 9.17) is 0 Å². The van der Waals surface area contributed by atoms with Gasteiger partial charge in [0.1, 0.15) is 5.82 Å². The fourth-order valence-corrected chi connectivity index (χ4v) is 2.04. The van der Waals surface area contributed by atoms with Gasteiger partial charge in [0, 0.05) is 24.7 Å². The number of hydrogen-bond acceptors (Lipinski definition) is 2. The van der Waals surface area contributed by atoms with Crippen molar-refractivity contribution < 1.29 is 4.79 Å². The average molecular weight is 221 g/mol. The summed E-state index contributed by atoms with van der Waals surface area (Å²) in [6.07, 6.45) is 2.05. The summed E-state index contributed by atoms with van der Waals surface area (Å²) in [7, 11) is 0. The van der Waals surface area contributed by atoms with E-state index in [1.54, 1.807) is 0 Å². The van der Waals surface area contributed by atoms with Gasteiger partial charge in [-0.05, 0) is 6.92 Å². The smallest absolute Gasteiger partial charge is 0.228 e. The van der Waals surface area contributed by atoms with Crippen LogP contribution in [0.4, 0.5) is 0 Å². The van der Waals surface area contributed by atoms with Crippen molar-refractivity contribution in [2.24, 2.45) is 5.41 Å². The maximum Gasteiger partial charge on any atom is 0.228 e. The standard InChI is InChI=1S/C12H19N3O/c1-9-7-14-5-6-15(8-10(14)13-9)11(16)12(2,3)4/h7H,5-6,8H2,1-4H3. The lowest BCUT2D eigenvalue weighted by atomic mass is 9.94. The van der Waals surface area contributed by atoms with Crippen molar-refractivity contribution in [1.29, 1.82) is 0 Å². The third-order valence-electron chi connectivity index (χ3n) is 2.85. The number of nitrogens with zero attached hydrogens (tertiary/aromatic N) is 3. The molecule has 0 aromatic carbocycles. The molecule has 1 amide bonds. The third kappa shape index (κ3) is 1.96. The van der Waals surface area contributed by atoms with Crippen molar-refractivity contribution in [1.82, 2.24) is 14.5 Å². The predicted octanol–water partition coefficient (Wildman–Crippen LogP) is 1.58. The molecule has 0 spiro atoms. The number of aromatic nitrogens is 2. The van der Waals surface area contributed by atoms with Gasteiger partial charge in [-0.1, -0.05) is 20.8 Å². The first-order valence-corrected chi connectivity index (χ1v) is 5.70. The Kier molecular flexibility index (Phi) is 2.52. The highest BCUT2D eigenvalue weighted by atomic mass is 16.2. The molecular weight excluding hydrogens is 202 g/mol. The maximum atomic E-state index is 12.1. The lowest BCUT2D eigenvalue weighted by molar-refractivity contribution is -0.141. The second-order valence-corrected chi connectivity index (χ2v) is 5.47. The first-order chi connectivity index (χ1) is 7.38. The highest BCUT2D eigenvalue weighted by molar-refractivity contribution is 5.81. The molecule has 0 aliphatic carbocycles. The van der Waals surface area contributed by atoms with Gasteiger partial charge < -0.3 is 9.47 Å². The average Bonchev–Trinajstić information content (AvgIpc) is 2.54. The second-order valence-electron chi connectivity index (χ2n) is 5.47. The van der Waals surface area contributed by atoms with Crippen LogP contribution < -0.4 is 0 Å². The normalized spacial score (nSPS) is 16.1. The van der Waals surface area contributed by atoms with Crippen LogP contribution in [0.25, 0.3) is 0 Å². The summed E-state index contributed by atoms with van der Waals surface area (Å²) in [6, 6.07) is 0. The molecule has 1 aromatic rings. The quantitative estimate of drug-likeness (QED) is 0.667. The van der Waals surface area contributed by atoms with Gasteiger partial charge in [-0.15, -0.1) is 0 Å². The van der Waals surface area contributed by atoms with E-state index in [9.17, 15) is 4.79 Å². The van der Waals surface area contributed by atoms with Gasteiger partial charge in [0.2, 0.25) is 5.91 Å². The summed E-state index contributed by atoms with van der Waals surface area (Å²) in [5.74, 6) is 1.21. The Labute approximate surface area is 96.3 Å². The molecule has 0 fully saturated rings. The van der Waals surface area contributed by atoms with Crippen LogP contribution in [0.2, 0.25) is 0 Å². The van der Waals surface area contributed by atoms with Gasteiger partial charge >= 0.3 is 0 Å². The third-order valence-corrected chi connectivity index (χ3v) is 2.85. The lowest BCUT2D eigenvalue weighted by Gasteiger charge is -2.32. The Hall–Kier alpha value is -1.32. The molecule has 0 bridgehead atoms. The van der Waals surface area contributed by atoms with Crippen molar-refractivity contribution in [3.63, 3.8) is 0 Å². The molecule has 1 aliphatic heterocycles. The van der Waals surface area contributed by atoms with Crippen LogP contribution >= 0.6 is 0 Å². The zero-order chi connectivity index (χ0) is 11.9. The Morgan fingerprint density at radius 1 is 1.38 bits per heavy atom. The van der Waals surface area contributed by atoms with E-state index in [0.717, 1.165) is 24.6 Å². The molecule has 4 heteroatoms. The fraction of sp³-hybridized carbons (Fsp3) is 0.667. The summed E-state index contributed by atoms with van der Waals surface area (Å²) in [5, 5.41) is 0. The summed E-state index contributed by atoms with van der Waals surface area (Å²) in [5.41, 5.74) is 0.726. The van der Waals surface area contributed by atoms with Crippen LogP contribution in [0.5, 0.6) is 0 Å². The van der Waals surface area contributed by atoms with Crippen LogP contribution in [0.15, 0.2) is 6.20 Å². The second kappa shape index (κ2) is 3.61. The minimum Gasteiger partial charge on any atom is -0.333 e. The monoisotopic (exact) mass is 221 g/mol. The highest BCUT2D eigenvalue weighted by Crippen LogP contribution is 2.21. The number of aryl methyl sites for hydroxylation is 1. The van der Waals surface area contributed by atoms with Crippen LogP contribution in [0.3, 0.4) is 0 Å². The largest absolute Gasteiger partial charge is 0.333 e. The highest BCUT2D eigenvalue weighted by Gasteiger charge is 2.30. The van der Waals surface area contributed by atoms with Crippen LogP contribution in [0.1, 0.15) is 32.3 Å². The number of amides is 1. The molecule has 0 unspecified atom stereocenters. The van der Waals surface area contributed by atoms with E-state index < -0.39 is 0 Å². The van der Waals surface area contributed by atoms with E-state index in [1.807, 2.05) is 38.8 Å². The van der Waals surface area contributed by atoms with Crippen molar-refractivity contribution in [3.05, 3.63) is 17.7 Å². The summed E-state index contributed by atoms with van der Waals surface area (Å²) >= 11 is 0. The van der Waals surface area contributed by atoms with Gasteiger partial charge in [0.05, 0.1) is 12.2 Å². The number of carbonyl (C=O) groups is 1. The molecule has 0 radical (unpaired) electrons. The van der Waals surface area contributed by atoms with E-state index in [1.165, 1.54) is 0 Å². The zero-order valence-electron chi connectivity index (χ0n) is 10.4. The SMILES string of the molecule is Cc1cn2c(n1)CN(C(=O)C(C)(C)C)CC2. The Morgan fingerprint density at radius 3 is 2.69 bits per heavy atom. The molecular formula is C12H19N3O. The van der Waals surface area contributed by atoms with Gasteiger partial charge in [-0.25, -0.2) is 4.98 Å². The molecule has 1 aliphatic rings. The lowest BCUT2D eigenvalue weighted by Crippen LogP contribution is -2.43. The molecule has 0 N–H and O–H groups in total. The molecule has 0 atom stereocenters. The van der Waals surface area contributed by atoms with Crippen LogP contribution in [0, 0.1) is 12.3 Å². The summed E-state index contributed by atoms with van der Waals surface area (Å²) in [4.78, 5) is 18.5. The minimum absolute atomic E-state index is 0.208. The predicted molar refractivity (Wildman–Crippen MR) is 61.8 cm³/mol. The van der Waals surface area contributed by atoms with Crippen molar-refractivity contribution in [2.75, 3.05) is 6.54 Å². The molecule has 88 valence electrons. The number of rotatable bonds is 0. The van der Waals surface area contributed by atoms with Gasteiger partial charge in [0.25, 0.3) is 0 Å². The number of imidazole rings is 1. The minimum atomic E-state index is -0.302. The number of carbonyl (C=O) groups excluding carboxylic acids is 1. The first kappa shape index (κ1) is 11.2. The van der Waals surface area contributed by atoms with E-state index >= 15 is 0 Å². The van der Waals surface area contributed by atoms with Gasteiger partial charge in [0.15, 0.2) is 0 Å². The van der Waals surface area contributed by atoms with E-state index in [-0.39, 0.29) is 11.3 Å². The van der Waals surface area contributed by atoms with Crippen molar-refractivity contribution in [3.8, 4) is 0 Å². The molecule has 0 saturated carbocycles. The molecule has 2 heterocycles. The van der Waals surface area contributed by atoms with Crippen LogP contribution in [-0.4, -0.2) is 26.9 Å². The molecule has 16 heavy (non-hydrogen) atoms. The molecule has 4 nitrogen and oxygen atoms in total. The van der Waals surface area contributed by atoms with Crippen molar-refractivity contribution in [2.45, 2.75) is 40.8 Å². The van der Waals surface area contributed by atoms with Gasteiger partial charge in [-0.2, -0.15) is 0 Å². The van der Waals surface area contributed by atoms with Crippen LogP contribution in [-0.2, 0) is 17.9 Å². The maximum absolute atomic E-state index is 12.1. The first-order valence-electron chi connectivity index (χ1n) is 5.70. The number of hydrogen-bond donors (Lipinski definition) is 0. The molecule has 1 aromatic heterocycles.